The lowest BCUT2D eigenvalue weighted by Gasteiger charge is -2.13. The average molecular weight is 818 g/mol. The normalized spacial score (nSPS) is 11.6. The van der Waals surface area contributed by atoms with Crippen molar-refractivity contribution in [2.75, 3.05) is 13.1 Å². The van der Waals surface area contributed by atoms with E-state index in [0.29, 0.717) is 13.1 Å². The van der Waals surface area contributed by atoms with Crippen LogP contribution in [0.25, 0.3) is 66.1 Å². The first-order chi connectivity index (χ1) is 27.5. The van der Waals surface area contributed by atoms with Crippen LogP contribution in [0.3, 0.4) is 0 Å². The Morgan fingerprint density at radius 3 is 1.32 bits per heavy atom. The van der Waals surface area contributed by atoms with Gasteiger partial charge in [0.1, 0.15) is 0 Å². The zero-order valence-corrected chi connectivity index (χ0v) is 35.2. The van der Waals surface area contributed by atoms with Crippen LogP contribution < -0.4 is 10.6 Å². The Hall–Kier alpha value is -4.43. The van der Waals surface area contributed by atoms with Crippen LogP contribution in [0.1, 0.15) is 63.8 Å². The van der Waals surface area contributed by atoms with Crippen molar-refractivity contribution in [1.82, 2.24) is 29.7 Å². The van der Waals surface area contributed by atoms with Crippen molar-refractivity contribution >= 4 is 79.2 Å². The Morgan fingerprint density at radius 1 is 0.509 bits per heavy atom. The Morgan fingerprint density at radius 2 is 0.912 bits per heavy atom. The molecule has 57 heavy (non-hydrogen) atoms. The monoisotopic (exact) mass is 816 g/mol. The molecule has 0 amide bonds. The predicted octanol–water partition coefficient (Wildman–Crippen LogP) is 13.0. The zero-order valence-electron chi connectivity index (χ0n) is 32.8. The van der Waals surface area contributed by atoms with Crippen LogP contribution in [-0.4, -0.2) is 32.2 Å². The molecule has 0 spiro atoms. The Balaban J connectivity index is 0.00000496. The van der Waals surface area contributed by atoms with Crippen LogP contribution in [0, 0.1) is 0 Å². The van der Waals surface area contributed by atoms with Gasteiger partial charge in [-0.1, -0.05) is 111 Å². The van der Waals surface area contributed by atoms with Crippen LogP contribution in [0.5, 0.6) is 0 Å². The highest BCUT2D eigenvalue weighted by atomic mass is 35.5. The van der Waals surface area contributed by atoms with Crippen molar-refractivity contribution < 1.29 is 0 Å². The van der Waals surface area contributed by atoms with Crippen LogP contribution in [0.15, 0.2) is 109 Å². The maximum atomic E-state index is 6.31. The fraction of sp³-hybridized carbons (Fsp3) is 0.292. The molecule has 0 radical (unpaired) electrons. The van der Waals surface area contributed by atoms with Gasteiger partial charge in [0.05, 0.1) is 33.8 Å². The molecule has 4 heterocycles. The highest BCUT2D eigenvalue weighted by Gasteiger charge is 2.19. The van der Waals surface area contributed by atoms with E-state index in [1.54, 1.807) is 0 Å². The maximum Gasteiger partial charge on any atom is 0.0949 e. The van der Waals surface area contributed by atoms with E-state index in [-0.39, 0.29) is 12.4 Å². The summed E-state index contributed by atoms with van der Waals surface area (Å²) in [6.45, 7) is 9.67. The summed E-state index contributed by atoms with van der Waals surface area (Å²) in [4.78, 5) is 10.6. The number of aromatic nitrogens is 4. The second kappa shape index (κ2) is 18.9. The number of hydrogen-bond donors (Lipinski definition) is 2. The molecule has 294 valence electrons. The number of unbranched alkanes of at least 4 members (excludes halogenated alkanes) is 3. The molecule has 2 N–H and O–H groups in total. The first kappa shape index (κ1) is 40.8. The Bertz CT molecular complexity index is 2410. The van der Waals surface area contributed by atoms with E-state index < -0.39 is 0 Å². The zero-order chi connectivity index (χ0) is 38.4. The Kier molecular flexibility index (Phi) is 13.5. The van der Waals surface area contributed by atoms with Gasteiger partial charge in [-0.3, -0.25) is 0 Å². The number of para-hydroxylation sites is 2. The van der Waals surface area contributed by atoms with Crippen molar-refractivity contribution in [3.63, 3.8) is 0 Å². The molecule has 4 aromatic carbocycles. The molecule has 0 aliphatic heterocycles. The van der Waals surface area contributed by atoms with Gasteiger partial charge in [0.25, 0.3) is 0 Å². The number of fused-ring (bicyclic) bond motifs is 6. The van der Waals surface area contributed by atoms with Gasteiger partial charge in [-0.25, -0.2) is 9.97 Å². The lowest BCUT2D eigenvalue weighted by Crippen LogP contribution is -2.19. The lowest BCUT2D eigenvalue weighted by molar-refractivity contribution is 0.577. The molecule has 0 saturated heterocycles. The molecule has 8 aromatic rings. The molecule has 0 bridgehead atoms. The number of aryl methyl sites for hydroxylation is 2. The number of benzene rings is 4. The summed E-state index contributed by atoms with van der Waals surface area (Å²) in [5.41, 5.74) is 11.2. The van der Waals surface area contributed by atoms with Crippen molar-refractivity contribution in [3.05, 3.63) is 131 Å². The Labute approximate surface area is 352 Å². The van der Waals surface area contributed by atoms with E-state index in [1.807, 2.05) is 24.3 Å². The minimum atomic E-state index is 0. The van der Waals surface area contributed by atoms with Gasteiger partial charge >= 0.3 is 0 Å². The van der Waals surface area contributed by atoms with E-state index in [0.717, 1.165) is 109 Å². The fourth-order valence-electron chi connectivity index (χ4n) is 8.08. The summed E-state index contributed by atoms with van der Waals surface area (Å²) in [5.74, 6) is 0. The minimum Gasteiger partial charge on any atom is -0.339 e. The van der Waals surface area contributed by atoms with Crippen molar-refractivity contribution in [1.29, 1.82) is 0 Å². The largest absolute Gasteiger partial charge is 0.339 e. The van der Waals surface area contributed by atoms with Crippen LogP contribution >= 0.6 is 35.6 Å². The first-order valence-corrected chi connectivity index (χ1v) is 21.0. The van der Waals surface area contributed by atoms with Crippen molar-refractivity contribution in [3.8, 4) is 22.5 Å². The van der Waals surface area contributed by atoms with Gasteiger partial charge in [0.2, 0.25) is 0 Å². The number of nitrogens with zero attached hydrogens (tertiary/aromatic N) is 4. The third kappa shape index (κ3) is 8.72. The van der Waals surface area contributed by atoms with Crippen molar-refractivity contribution in [2.24, 2.45) is 0 Å². The average Bonchev–Trinajstić information content (AvgIpc) is 3.72. The molecule has 0 aliphatic carbocycles. The molecular weight excluding hydrogens is 767 g/mol. The molecule has 0 unspecified atom stereocenters. The van der Waals surface area contributed by atoms with Gasteiger partial charge in [0, 0.05) is 79.9 Å². The van der Waals surface area contributed by atoms with Gasteiger partial charge < -0.3 is 19.8 Å². The van der Waals surface area contributed by atoms with Crippen LogP contribution in [0.4, 0.5) is 0 Å². The van der Waals surface area contributed by atoms with Gasteiger partial charge in [-0.05, 0) is 87.3 Å². The highest BCUT2D eigenvalue weighted by Crippen LogP contribution is 2.38. The van der Waals surface area contributed by atoms with Gasteiger partial charge in [-0.15, -0.1) is 12.4 Å². The van der Waals surface area contributed by atoms with E-state index in [9.17, 15) is 0 Å². The number of halogens is 3. The van der Waals surface area contributed by atoms with Gasteiger partial charge in [0.15, 0.2) is 0 Å². The van der Waals surface area contributed by atoms with Gasteiger partial charge in [-0.2, -0.15) is 0 Å². The minimum absolute atomic E-state index is 0. The van der Waals surface area contributed by atoms with Crippen LogP contribution in [0.2, 0.25) is 10.0 Å². The quantitative estimate of drug-likeness (QED) is 0.0899. The molecule has 0 fully saturated rings. The van der Waals surface area contributed by atoms with E-state index in [2.05, 4.69) is 119 Å². The topological polar surface area (TPSA) is 59.7 Å². The summed E-state index contributed by atoms with van der Waals surface area (Å²) >= 11 is 12.6. The molecule has 0 aliphatic rings. The molecule has 0 atom stereocenters. The molecule has 4 aromatic heterocycles. The molecule has 0 saturated carbocycles. The summed E-state index contributed by atoms with van der Waals surface area (Å²) < 4.78 is 4.93. The first-order valence-electron chi connectivity index (χ1n) is 20.3. The molecular formula is C48H51Cl3N6. The predicted molar refractivity (Wildman–Crippen MR) is 245 cm³/mol. The molecule has 6 nitrogen and oxygen atoms in total. The summed E-state index contributed by atoms with van der Waals surface area (Å²) in [6, 6.07) is 38.3. The molecule has 9 heteroatoms. The fourth-order valence-corrected chi connectivity index (χ4v) is 8.34. The standard InChI is InChI=1S/C48H50Cl2N6.ClH/c1-3-5-27-55-43-15-9-7-13-39(43)41-29-37(53-45(47(41)55)33-17-21-35(49)22-18-33)31-51-25-11-12-26-52-32-38-30-42-40-14-8-10-16-44(40)56(28-6-4-2)48(42)46(54-38)34-19-23-36(50)24-20-34;/h7-10,13-24,29-30,51-52H,3-6,11-12,25-28,31-32H2,1-2H3;1H. The number of hydrogen-bond acceptors (Lipinski definition) is 4. The second-order valence-electron chi connectivity index (χ2n) is 14.8. The lowest BCUT2D eigenvalue weighted by atomic mass is 10.1. The van der Waals surface area contributed by atoms with Crippen molar-refractivity contribution in [2.45, 2.75) is 78.6 Å². The molecule has 8 rings (SSSR count). The SMILES string of the molecule is CCCCn1c2ccccc2c2cc(CNCCCCNCc3cc4c5ccccc5n(CCCC)c4c(-c4ccc(Cl)cc4)n3)nc(-c3ccc(Cl)cc3)c21.Cl. The van der Waals surface area contributed by atoms with E-state index in [1.165, 1.54) is 43.6 Å². The number of rotatable bonds is 17. The second-order valence-corrected chi connectivity index (χ2v) is 15.7. The van der Waals surface area contributed by atoms with E-state index >= 15 is 0 Å². The van der Waals surface area contributed by atoms with E-state index in [4.69, 9.17) is 33.2 Å². The third-order valence-corrected chi connectivity index (χ3v) is 11.4. The van der Waals surface area contributed by atoms with Crippen LogP contribution in [-0.2, 0) is 26.2 Å². The summed E-state index contributed by atoms with van der Waals surface area (Å²) in [5, 5.41) is 13.9. The maximum absolute atomic E-state index is 6.31. The smallest absolute Gasteiger partial charge is 0.0949 e. The summed E-state index contributed by atoms with van der Waals surface area (Å²) in [6.07, 6.45) is 6.63. The third-order valence-electron chi connectivity index (χ3n) is 10.9. The summed E-state index contributed by atoms with van der Waals surface area (Å²) in [7, 11) is 0. The highest BCUT2D eigenvalue weighted by molar-refractivity contribution is 6.31. The number of pyridine rings is 2. The number of nitrogens with one attached hydrogen (secondary N) is 2.